The van der Waals surface area contributed by atoms with Crippen LogP contribution in [0.15, 0.2) is 34.8 Å². The third kappa shape index (κ3) is 3.16. The summed E-state index contributed by atoms with van der Waals surface area (Å²) in [6.45, 7) is 4.03. The van der Waals surface area contributed by atoms with Gasteiger partial charge in [-0.15, -0.1) is 0 Å². The van der Waals surface area contributed by atoms with Crippen molar-refractivity contribution in [2.24, 2.45) is 5.73 Å². The van der Waals surface area contributed by atoms with Gasteiger partial charge in [-0.2, -0.15) is 0 Å². The first-order valence-corrected chi connectivity index (χ1v) is 7.21. The van der Waals surface area contributed by atoms with Crippen LogP contribution in [0.1, 0.15) is 16.7 Å². The highest BCUT2D eigenvalue weighted by molar-refractivity contribution is 9.10. The van der Waals surface area contributed by atoms with Crippen LogP contribution in [0.25, 0.3) is 0 Å². The first kappa shape index (κ1) is 14.9. The second-order valence-electron chi connectivity index (χ2n) is 4.60. The van der Waals surface area contributed by atoms with Gasteiger partial charge in [0, 0.05) is 21.4 Å². The quantitative estimate of drug-likeness (QED) is 0.793. The van der Waals surface area contributed by atoms with Gasteiger partial charge in [0.15, 0.2) is 0 Å². The van der Waals surface area contributed by atoms with E-state index in [0.29, 0.717) is 11.3 Å². The molecule has 0 aliphatic rings. The fourth-order valence-corrected chi connectivity index (χ4v) is 2.40. The van der Waals surface area contributed by atoms with Crippen molar-refractivity contribution in [2.75, 3.05) is 5.32 Å². The van der Waals surface area contributed by atoms with Crippen molar-refractivity contribution in [3.8, 4) is 0 Å². The van der Waals surface area contributed by atoms with Crippen molar-refractivity contribution in [1.82, 2.24) is 0 Å². The Kier molecular flexibility index (Phi) is 4.40. The van der Waals surface area contributed by atoms with Gasteiger partial charge in [0.25, 0.3) is 0 Å². The van der Waals surface area contributed by atoms with Gasteiger partial charge < -0.3 is 11.1 Å². The molecule has 20 heavy (non-hydrogen) atoms. The number of anilines is 2. The maximum absolute atomic E-state index is 13.3. The Hall–Kier alpha value is -1.46. The van der Waals surface area contributed by atoms with Gasteiger partial charge in [-0.05, 0) is 55.3 Å². The molecule has 0 spiro atoms. The van der Waals surface area contributed by atoms with E-state index in [4.69, 9.17) is 18.0 Å². The molecule has 0 aliphatic carbocycles. The van der Waals surface area contributed by atoms with E-state index in [-0.39, 0.29) is 10.8 Å². The zero-order chi connectivity index (χ0) is 14.9. The topological polar surface area (TPSA) is 38.0 Å². The molecule has 0 fully saturated rings. The number of hydrogen-bond donors (Lipinski definition) is 2. The second-order valence-corrected chi connectivity index (χ2v) is 5.84. The summed E-state index contributed by atoms with van der Waals surface area (Å²) in [6, 6.07) is 8.36. The van der Waals surface area contributed by atoms with Crippen molar-refractivity contribution in [3.05, 3.63) is 57.3 Å². The van der Waals surface area contributed by atoms with E-state index in [9.17, 15) is 4.39 Å². The van der Waals surface area contributed by atoms with Gasteiger partial charge in [-0.1, -0.05) is 28.1 Å². The molecule has 3 N–H and O–H groups in total. The number of nitrogens with one attached hydrogen (secondary N) is 1. The molecule has 0 radical (unpaired) electrons. The zero-order valence-electron chi connectivity index (χ0n) is 11.1. The first-order valence-electron chi connectivity index (χ1n) is 6.01. The van der Waals surface area contributed by atoms with E-state index in [1.54, 1.807) is 6.07 Å². The first-order chi connectivity index (χ1) is 9.38. The Morgan fingerprint density at radius 2 is 1.80 bits per heavy atom. The average molecular weight is 353 g/mol. The summed E-state index contributed by atoms with van der Waals surface area (Å²) < 4.78 is 14.4. The molecule has 0 bridgehead atoms. The Bertz CT molecular complexity index is 663. The minimum atomic E-state index is -0.360. The summed E-state index contributed by atoms with van der Waals surface area (Å²) in [7, 11) is 0. The fourth-order valence-electron chi connectivity index (χ4n) is 2.00. The van der Waals surface area contributed by atoms with Crippen molar-refractivity contribution in [2.45, 2.75) is 13.8 Å². The average Bonchev–Trinajstić information content (AvgIpc) is 2.37. The lowest BCUT2D eigenvalue weighted by Crippen LogP contribution is -2.12. The highest BCUT2D eigenvalue weighted by atomic mass is 79.9. The van der Waals surface area contributed by atoms with E-state index >= 15 is 0 Å². The molecule has 104 valence electrons. The molecule has 2 rings (SSSR count). The smallest absolute Gasteiger partial charge is 0.124 e. The summed E-state index contributed by atoms with van der Waals surface area (Å²) >= 11 is 8.49. The summed E-state index contributed by atoms with van der Waals surface area (Å²) in [5, 5.41) is 3.23. The van der Waals surface area contributed by atoms with E-state index in [1.165, 1.54) is 12.1 Å². The lowest BCUT2D eigenvalue weighted by Gasteiger charge is -2.13. The van der Waals surface area contributed by atoms with Crippen molar-refractivity contribution in [1.29, 1.82) is 0 Å². The van der Waals surface area contributed by atoms with Crippen LogP contribution in [-0.4, -0.2) is 4.99 Å². The maximum atomic E-state index is 13.3. The molecule has 0 saturated heterocycles. The predicted octanol–water partition coefficient (Wildman–Crippen LogP) is 4.58. The van der Waals surface area contributed by atoms with E-state index in [1.807, 2.05) is 26.0 Å². The molecule has 0 aromatic heterocycles. The number of benzene rings is 2. The zero-order valence-corrected chi connectivity index (χ0v) is 13.5. The minimum Gasteiger partial charge on any atom is -0.389 e. The summed E-state index contributed by atoms with van der Waals surface area (Å²) in [6.07, 6.45) is 0. The summed E-state index contributed by atoms with van der Waals surface area (Å²) in [5.74, 6) is -0.360. The Balaban J connectivity index is 2.42. The number of hydrogen-bond acceptors (Lipinski definition) is 2. The third-order valence-corrected chi connectivity index (χ3v) is 4.43. The van der Waals surface area contributed by atoms with Crippen LogP contribution < -0.4 is 11.1 Å². The molecule has 2 nitrogen and oxygen atoms in total. The SMILES string of the molecule is Cc1cc(Nc2ccc(F)cc2C(N)=S)cc(C)c1Br. The molecule has 0 heterocycles. The number of halogens is 2. The molecular formula is C15H14BrFN2S. The number of aryl methyl sites for hydroxylation is 2. The molecule has 0 aliphatic heterocycles. The molecule has 2 aromatic rings. The van der Waals surface area contributed by atoms with Crippen LogP contribution in [0, 0.1) is 19.7 Å². The van der Waals surface area contributed by atoms with Crippen molar-refractivity contribution in [3.63, 3.8) is 0 Å². The molecule has 5 heteroatoms. The van der Waals surface area contributed by atoms with Crippen LogP contribution >= 0.6 is 28.1 Å². The lowest BCUT2D eigenvalue weighted by atomic mass is 10.1. The Morgan fingerprint density at radius 1 is 1.20 bits per heavy atom. The number of thiocarbonyl (C=S) groups is 1. The van der Waals surface area contributed by atoms with Crippen LogP contribution in [-0.2, 0) is 0 Å². The maximum Gasteiger partial charge on any atom is 0.124 e. The van der Waals surface area contributed by atoms with Gasteiger partial charge in [0.1, 0.15) is 10.8 Å². The number of nitrogens with two attached hydrogens (primary N) is 1. The number of rotatable bonds is 3. The standard InChI is InChI=1S/C15H14BrFN2S/c1-8-5-11(6-9(2)14(8)16)19-13-4-3-10(17)7-12(13)15(18)20/h3-7,19H,1-2H3,(H2,18,20). The lowest BCUT2D eigenvalue weighted by molar-refractivity contribution is 0.628. The summed E-state index contributed by atoms with van der Waals surface area (Å²) in [4.78, 5) is 0.164. The molecule has 0 amide bonds. The van der Waals surface area contributed by atoms with Gasteiger partial charge in [-0.3, -0.25) is 0 Å². The van der Waals surface area contributed by atoms with Crippen molar-refractivity contribution >= 4 is 44.5 Å². The van der Waals surface area contributed by atoms with Gasteiger partial charge in [-0.25, -0.2) is 4.39 Å². The van der Waals surface area contributed by atoms with Crippen LogP contribution in [0.4, 0.5) is 15.8 Å². The van der Waals surface area contributed by atoms with E-state index < -0.39 is 0 Å². The second kappa shape index (κ2) is 5.89. The highest BCUT2D eigenvalue weighted by Crippen LogP contribution is 2.28. The molecule has 0 saturated carbocycles. The third-order valence-electron chi connectivity index (χ3n) is 2.96. The Labute approximate surface area is 131 Å². The fraction of sp³-hybridized carbons (Fsp3) is 0.133. The molecule has 2 aromatic carbocycles. The predicted molar refractivity (Wildman–Crippen MR) is 89.2 cm³/mol. The van der Waals surface area contributed by atoms with Crippen LogP contribution in [0.2, 0.25) is 0 Å². The van der Waals surface area contributed by atoms with E-state index in [0.717, 1.165) is 21.3 Å². The highest BCUT2D eigenvalue weighted by Gasteiger charge is 2.09. The largest absolute Gasteiger partial charge is 0.389 e. The normalized spacial score (nSPS) is 10.4. The molecule has 0 unspecified atom stereocenters. The van der Waals surface area contributed by atoms with Crippen LogP contribution in [0.3, 0.4) is 0 Å². The molecule has 0 atom stereocenters. The van der Waals surface area contributed by atoms with Gasteiger partial charge in [0.2, 0.25) is 0 Å². The van der Waals surface area contributed by atoms with Crippen LogP contribution in [0.5, 0.6) is 0 Å². The van der Waals surface area contributed by atoms with Gasteiger partial charge >= 0.3 is 0 Å². The monoisotopic (exact) mass is 352 g/mol. The minimum absolute atomic E-state index is 0.164. The van der Waals surface area contributed by atoms with Gasteiger partial charge in [0.05, 0.1) is 0 Å². The van der Waals surface area contributed by atoms with Crippen molar-refractivity contribution < 1.29 is 4.39 Å². The van der Waals surface area contributed by atoms with E-state index in [2.05, 4.69) is 21.2 Å². The summed E-state index contributed by atoms with van der Waals surface area (Å²) in [5.41, 5.74) is 9.97. The molecular weight excluding hydrogens is 339 g/mol. The Morgan fingerprint density at radius 3 is 2.35 bits per heavy atom.